The number of methoxy groups -OCH3 is 1. The van der Waals surface area contributed by atoms with Gasteiger partial charge in [0.05, 0.1) is 12.8 Å². The number of nitrogens with zero attached hydrogens (tertiary/aromatic N) is 1. The second kappa shape index (κ2) is 7.71. The molecule has 2 unspecified atom stereocenters. The van der Waals surface area contributed by atoms with E-state index in [-0.39, 0.29) is 12.1 Å². The van der Waals surface area contributed by atoms with Gasteiger partial charge in [-0.15, -0.1) is 6.58 Å². The van der Waals surface area contributed by atoms with Crippen LogP contribution in [0.2, 0.25) is 0 Å². The van der Waals surface area contributed by atoms with Gasteiger partial charge >= 0.3 is 6.03 Å². The number of carbonyl (C=O) groups is 1. The first-order chi connectivity index (χ1) is 11.7. The molecule has 2 N–H and O–H groups in total. The Labute approximate surface area is 144 Å². The molecule has 0 aromatic heterocycles. The number of para-hydroxylation sites is 2. The first-order valence-corrected chi connectivity index (χ1v) is 8.78. The van der Waals surface area contributed by atoms with Gasteiger partial charge in [0.1, 0.15) is 5.75 Å². The van der Waals surface area contributed by atoms with Gasteiger partial charge in [-0.3, -0.25) is 4.90 Å². The average molecular weight is 329 g/mol. The van der Waals surface area contributed by atoms with Crippen LogP contribution in [-0.4, -0.2) is 42.7 Å². The molecule has 0 saturated carbocycles. The van der Waals surface area contributed by atoms with E-state index in [1.54, 1.807) is 7.11 Å². The molecule has 130 valence electrons. The highest BCUT2D eigenvalue weighted by Crippen LogP contribution is 2.34. The van der Waals surface area contributed by atoms with Crippen molar-refractivity contribution < 1.29 is 9.53 Å². The number of nitrogens with one attached hydrogen (secondary N) is 2. The number of piperidine rings is 2. The summed E-state index contributed by atoms with van der Waals surface area (Å²) in [6.45, 7) is 4.83. The van der Waals surface area contributed by atoms with Gasteiger partial charge in [0, 0.05) is 24.7 Å². The molecule has 1 aromatic carbocycles. The molecular weight excluding hydrogens is 302 g/mol. The Kier molecular flexibility index (Phi) is 5.41. The Balaban J connectivity index is 1.58. The maximum Gasteiger partial charge on any atom is 0.319 e. The quantitative estimate of drug-likeness (QED) is 0.814. The topological polar surface area (TPSA) is 53.6 Å². The molecule has 2 aliphatic heterocycles. The van der Waals surface area contributed by atoms with Crippen LogP contribution < -0.4 is 15.4 Å². The van der Waals surface area contributed by atoms with Crippen LogP contribution in [0.4, 0.5) is 10.5 Å². The number of fused-ring (bicyclic) bond motifs is 2. The van der Waals surface area contributed by atoms with Gasteiger partial charge in [-0.2, -0.15) is 0 Å². The van der Waals surface area contributed by atoms with E-state index in [0.717, 1.165) is 19.4 Å². The minimum atomic E-state index is -0.153. The number of anilines is 1. The van der Waals surface area contributed by atoms with E-state index in [0.29, 0.717) is 23.5 Å². The molecule has 5 nitrogen and oxygen atoms in total. The first kappa shape index (κ1) is 16.8. The lowest BCUT2D eigenvalue weighted by Crippen LogP contribution is -2.57. The van der Waals surface area contributed by atoms with E-state index in [9.17, 15) is 4.79 Å². The highest BCUT2D eigenvalue weighted by Gasteiger charge is 2.37. The van der Waals surface area contributed by atoms with Gasteiger partial charge in [-0.1, -0.05) is 24.6 Å². The third-order valence-electron chi connectivity index (χ3n) is 5.16. The molecule has 2 saturated heterocycles. The molecule has 2 bridgehead atoms. The standard InChI is InChI=1S/C19H27N3O2/c1-3-11-22-15-7-6-8-16(22)13-14(12-15)20-19(23)21-17-9-4-5-10-18(17)24-2/h3-5,9-10,14-16H,1,6-8,11-13H2,2H3,(H2,20,21,23). The molecule has 24 heavy (non-hydrogen) atoms. The van der Waals surface area contributed by atoms with Gasteiger partial charge in [0.25, 0.3) is 0 Å². The first-order valence-electron chi connectivity index (χ1n) is 8.78. The zero-order valence-corrected chi connectivity index (χ0v) is 14.3. The predicted octanol–water partition coefficient (Wildman–Crippen LogP) is 3.39. The zero-order chi connectivity index (χ0) is 16.9. The maximum atomic E-state index is 12.4. The number of hydrogen-bond acceptors (Lipinski definition) is 3. The van der Waals surface area contributed by atoms with Crippen molar-refractivity contribution in [2.75, 3.05) is 19.0 Å². The summed E-state index contributed by atoms with van der Waals surface area (Å²) >= 11 is 0. The van der Waals surface area contributed by atoms with Crippen LogP contribution in [0.25, 0.3) is 0 Å². The minimum absolute atomic E-state index is 0.153. The van der Waals surface area contributed by atoms with E-state index in [1.165, 1.54) is 19.3 Å². The molecule has 0 radical (unpaired) electrons. The van der Waals surface area contributed by atoms with Crippen LogP contribution in [0.1, 0.15) is 32.1 Å². The lowest BCUT2D eigenvalue weighted by atomic mass is 9.82. The number of ether oxygens (including phenoxy) is 1. The predicted molar refractivity (Wildman–Crippen MR) is 96.5 cm³/mol. The van der Waals surface area contributed by atoms with E-state index in [4.69, 9.17) is 4.74 Å². The summed E-state index contributed by atoms with van der Waals surface area (Å²) in [5.41, 5.74) is 0.696. The smallest absolute Gasteiger partial charge is 0.319 e. The number of carbonyl (C=O) groups excluding carboxylic acids is 1. The summed E-state index contributed by atoms with van der Waals surface area (Å²) in [6.07, 6.45) is 7.76. The monoisotopic (exact) mass is 329 g/mol. The van der Waals surface area contributed by atoms with E-state index in [1.807, 2.05) is 30.3 Å². The van der Waals surface area contributed by atoms with Crippen LogP contribution in [0, 0.1) is 0 Å². The van der Waals surface area contributed by atoms with Crippen LogP contribution in [0.5, 0.6) is 5.75 Å². The molecule has 0 spiro atoms. The van der Waals surface area contributed by atoms with Gasteiger partial charge in [0.15, 0.2) is 0 Å². The van der Waals surface area contributed by atoms with E-state index in [2.05, 4.69) is 22.1 Å². The molecule has 2 atom stereocenters. The van der Waals surface area contributed by atoms with Gasteiger partial charge in [-0.25, -0.2) is 4.79 Å². The number of urea groups is 1. The van der Waals surface area contributed by atoms with Crippen molar-refractivity contribution in [1.29, 1.82) is 0 Å². The second-order valence-corrected chi connectivity index (χ2v) is 6.69. The minimum Gasteiger partial charge on any atom is -0.495 e. The summed E-state index contributed by atoms with van der Waals surface area (Å²) in [7, 11) is 1.61. The van der Waals surface area contributed by atoms with Gasteiger partial charge in [0.2, 0.25) is 0 Å². The summed E-state index contributed by atoms with van der Waals surface area (Å²) in [5, 5.41) is 6.06. The van der Waals surface area contributed by atoms with Crippen molar-refractivity contribution in [1.82, 2.24) is 10.2 Å². The van der Waals surface area contributed by atoms with Crippen molar-refractivity contribution in [2.45, 2.75) is 50.2 Å². The zero-order valence-electron chi connectivity index (χ0n) is 14.3. The highest BCUT2D eigenvalue weighted by molar-refractivity contribution is 5.91. The number of rotatable bonds is 5. The van der Waals surface area contributed by atoms with E-state index < -0.39 is 0 Å². The Morgan fingerprint density at radius 3 is 2.71 bits per heavy atom. The largest absolute Gasteiger partial charge is 0.495 e. The Bertz CT molecular complexity index is 576. The normalized spacial score (nSPS) is 26.5. The second-order valence-electron chi connectivity index (χ2n) is 6.69. The summed E-state index contributed by atoms with van der Waals surface area (Å²) in [4.78, 5) is 14.9. The molecular formula is C19H27N3O2. The Morgan fingerprint density at radius 2 is 2.04 bits per heavy atom. The van der Waals surface area contributed by atoms with Crippen LogP contribution in [0.3, 0.4) is 0 Å². The summed E-state index contributed by atoms with van der Waals surface area (Å²) in [5.74, 6) is 0.672. The van der Waals surface area contributed by atoms with Crippen molar-refractivity contribution in [3.63, 3.8) is 0 Å². The molecule has 2 aliphatic rings. The Hall–Kier alpha value is -2.01. The molecule has 1 aromatic rings. The lowest BCUT2D eigenvalue weighted by Gasteiger charge is -2.48. The highest BCUT2D eigenvalue weighted by atomic mass is 16.5. The van der Waals surface area contributed by atoms with Crippen molar-refractivity contribution in [3.05, 3.63) is 36.9 Å². The summed E-state index contributed by atoms with van der Waals surface area (Å²) < 4.78 is 5.28. The fraction of sp³-hybridized carbons (Fsp3) is 0.526. The van der Waals surface area contributed by atoms with Crippen LogP contribution in [0.15, 0.2) is 36.9 Å². The van der Waals surface area contributed by atoms with Crippen LogP contribution in [-0.2, 0) is 0 Å². The molecule has 2 amide bonds. The van der Waals surface area contributed by atoms with Crippen LogP contribution >= 0.6 is 0 Å². The average Bonchev–Trinajstić information content (AvgIpc) is 2.56. The Morgan fingerprint density at radius 1 is 1.33 bits per heavy atom. The van der Waals surface area contributed by atoms with Gasteiger partial charge in [-0.05, 0) is 37.8 Å². The molecule has 2 heterocycles. The maximum absolute atomic E-state index is 12.4. The summed E-state index contributed by atoms with van der Waals surface area (Å²) in [6, 6.07) is 8.66. The third-order valence-corrected chi connectivity index (χ3v) is 5.16. The number of amides is 2. The fourth-order valence-electron chi connectivity index (χ4n) is 4.14. The van der Waals surface area contributed by atoms with Gasteiger partial charge < -0.3 is 15.4 Å². The van der Waals surface area contributed by atoms with Crippen molar-refractivity contribution in [2.24, 2.45) is 0 Å². The molecule has 0 aliphatic carbocycles. The number of hydrogen-bond donors (Lipinski definition) is 2. The fourth-order valence-corrected chi connectivity index (χ4v) is 4.14. The van der Waals surface area contributed by atoms with Crippen molar-refractivity contribution >= 4 is 11.7 Å². The molecule has 3 rings (SSSR count). The lowest BCUT2D eigenvalue weighted by molar-refractivity contribution is 0.0375. The number of benzene rings is 1. The SMILES string of the molecule is C=CCN1C2CCCC1CC(NC(=O)Nc1ccccc1OC)C2. The van der Waals surface area contributed by atoms with Crippen molar-refractivity contribution in [3.8, 4) is 5.75 Å². The molecule has 2 fully saturated rings. The van der Waals surface area contributed by atoms with E-state index >= 15 is 0 Å². The third kappa shape index (κ3) is 3.73. The molecule has 5 heteroatoms.